The average molecular weight is 400 g/mol. The van der Waals surface area contributed by atoms with Gasteiger partial charge in [0.1, 0.15) is 6.04 Å². The molecule has 8 heteroatoms. The second-order valence-corrected chi connectivity index (χ2v) is 7.37. The van der Waals surface area contributed by atoms with E-state index in [-0.39, 0.29) is 11.7 Å². The van der Waals surface area contributed by atoms with Gasteiger partial charge in [-0.1, -0.05) is 18.2 Å². The zero-order chi connectivity index (χ0) is 20.1. The van der Waals surface area contributed by atoms with Crippen molar-refractivity contribution >= 4 is 40.6 Å². The molecule has 0 spiro atoms. The molecule has 0 saturated carbocycles. The first-order chi connectivity index (χ1) is 13.5. The van der Waals surface area contributed by atoms with Crippen molar-refractivity contribution in [1.82, 2.24) is 4.90 Å². The molecule has 0 bridgehead atoms. The lowest BCUT2D eigenvalue weighted by atomic mass is 10.1. The minimum atomic E-state index is -0.677. The van der Waals surface area contributed by atoms with Gasteiger partial charge in [-0.05, 0) is 43.3 Å². The van der Waals surface area contributed by atoms with Crippen LogP contribution in [0.2, 0.25) is 0 Å². The Kier molecular flexibility index (Phi) is 6.20. The number of esters is 1. The maximum atomic E-state index is 12.5. The summed E-state index contributed by atoms with van der Waals surface area (Å²) in [6, 6.07) is 9.33. The number of carbonyl (C=O) groups is 4. The van der Waals surface area contributed by atoms with Crippen molar-refractivity contribution < 1.29 is 23.9 Å². The fourth-order valence-corrected chi connectivity index (χ4v) is 3.72. The third-order valence-corrected chi connectivity index (χ3v) is 5.27. The monoisotopic (exact) mass is 400 g/mol. The highest BCUT2D eigenvalue weighted by atomic mass is 32.1. The van der Waals surface area contributed by atoms with Crippen molar-refractivity contribution in [1.29, 1.82) is 0 Å². The lowest BCUT2D eigenvalue weighted by Gasteiger charge is -2.22. The molecule has 0 radical (unpaired) electrons. The Labute approximate surface area is 166 Å². The maximum absolute atomic E-state index is 12.5. The van der Waals surface area contributed by atoms with Crippen LogP contribution in [0, 0.1) is 0 Å². The summed E-state index contributed by atoms with van der Waals surface area (Å²) in [5, 5.41) is 4.40. The van der Waals surface area contributed by atoms with E-state index in [1.807, 2.05) is 5.38 Å². The number of anilines is 1. The van der Waals surface area contributed by atoms with Gasteiger partial charge < -0.3 is 15.0 Å². The van der Waals surface area contributed by atoms with Crippen LogP contribution in [0.15, 0.2) is 41.8 Å². The van der Waals surface area contributed by atoms with Gasteiger partial charge in [-0.25, -0.2) is 4.79 Å². The number of amides is 2. The number of ketones is 1. The van der Waals surface area contributed by atoms with Crippen molar-refractivity contribution in [3.8, 4) is 0 Å². The molecule has 2 aromatic rings. The number of carbonyl (C=O) groups excluding carboxylic acids is 4. The molecule has 0 unspecified atom stereocenters. The van der Waals surface area contributed by atoms with Gasteiger partial charge in [0.2, 0.25) is 0 Å². The Morgan fingerprint density at radius 1 is 1.21 bits per heavy atom. The minimum absolute atomic E-state index is 0.112. The van der Waals surface area contributed by atoms with Crippen LogP contribution in [0.5, 0.6) is 0 Å². The largest absolute Gasteiger partial charge is 0.454 e. The molecule has 3 rings (SSSR count). The predicted molar refractivity (Wildman–Crippen MR) is 104 cm³/mol. The second kappa shape index (κ2) is 8.79. The van der Waals surface area contributed by atoms with E-state index in [9.17, 15) is 19.2 Å². The van der Waals surface area contributed by atoms with Crippen molar-refractivity contribution in [2.24, 2.45) is 0 Å². The third kappa shape index (κ3) is 4.64. The second-order valence-electron chi connectivity index (χ2n) is 6.43. The molecule has 1 fully saturated rings. The summed E-state index contributed by atoms with van der Waals surface area (Å²) in [4.78, 5) is 50.4. The Balaban J connectivity index is 1.54. The average Bonchev–Trinajstić information content (AvgIpc) is 3.37. The molecule has 1 aliphatic heterocycles. The maximum Gasteiger partial charge on any atom is 0.329 e. The van der Waals surface area contributed by atoms with E-state index in [1.165, 1.54) is 23.2 Å². The Morgan fingerprint density at radius 3 is 2.75 bits per heavy atom. The Morgan fingerprint density at radius 2 is 2.04 bits per heavy atom. The molecule has 1 aromatic heterocycles. The number of hydrogen-bond acceptors (Lipinski definition) is 6. The molecular formula is C20H20N2O5S. The molecule has 2 heterocycles. The molecule has 1 N–H and O–H groups in total. The van der Waals surface area contributed by atoms with Gasteiger partial charge in [0.15, 0.2) is 12.4 Å². The number of Topliss-reactive ketones (excluding diaryl/α,β-unsaturated/α-hetero) is 1. The molecule has 1 aromatic carbocycles. The molecule has 7 nitrogen and oxygen atoms in total. The van der Waals surface area contributed by atoms with E-state index in [0.29, 0.717) is 35.5 Å². The molecular weight excluding hydrogens is 380 g/mol. The van der Waals surface area contributed by atoms with Crippen LogP contribution in [0.1, 0.15) is 39.8 Å². The van der Waals surface area contributed by atoms with Crippen LogP contribution in [0.25, 0.3) is 0 Å². The predicted octanol–water partition coefficient (Wildman–Crippen LogP) is 2.74. The summed E-state index contributed by atoms with van der Waals surface area (Å²) in [6.07, 6.45) is 1.22. The van der Waals surface area contributed by atoms with Crippen LogP contribution in [0.3, 0.4) is 0 Å². The number of ether oxygens (including phenoxy) is 1. The topological polar surface area (TPSA) is 92.8 Å². The standard InChI is InChI=1S/C20H20N2O5S/c1-13(23)14-5-2-6-15(11-14)21-18(24)12-27-20(26)16-7-3-9-22(16)19(25)17-8-4-10-28-17/h2,4-6,8,10-11,16H,3,7,9,12H2,1H3,(H,21,24)/t16-/m1/s1. The number of nitrogens with zero attached hydrogens (tertiary/aromatic N) is 1. The van der Waals surface area contributed by atoms with Gasteiger partial charge in [0, 0.05) is 17.8 Å². The third-order valence-electron chi connectivity index (χ3n) is 4.42. The highest BCUT2D eigenvalue weighted by Gasteiger charge is 2.36. The van der Waals surface area contributed by atoms with Gasteiger partial charge in [0.05, 0.1) is 4.88 Å². The van der Waals surface area contributed by atoms with Gasteiger partial charge in [-0.2, -0.15) is 0 Å². The van der Waals surface area contributed by atoms with Crippen LogP contribution < -0.4 is 5.32 Å². The lowest BCUT2D eigenvalue weighted by Crippen LogP contribution is -2.41. The van der Waals surface area contributed by atoms with Crippen LogP contribution in [-0.2, 0) is 14.3 Å². The highest BCUT2D eigenvalue weighted by Crippen LogP contribution is 2.23. The fourth-order valence-electron chi connectivity index (χ4n) is 3.04. The number of benzene rings is 1. The van der Waals surface area contributed by atoms with E-state index in [1.54, 1.807) is 36.4 Å². The summed E-state index contributed by atoms with van der Waals surface area (Å²) in [5.41, 5.74) is 0.924. The number of likely N-dealkylation sites (tertiary alicyclic amines) is 1. The zero-order valence-corrected chi connectivity index (χ0v) is 16.2. The molecule has 1 atom stereocenters. The molecule has 28 heavy (non-hydrogen) atoms. The number of nitrogens with one attached hydrogen (secondary N) is 1. The highest BCUT2D eigenvalue weighted by molar-refractivity contribution is 7.12. The van der Waals surface area contributed by atoms with Crippen molar-refractivity contribution in [3.63, 3.8) is 0 Å². The summed E-state index contributed by atoms with van der Waals surface area (Å²) in [7, 11) is 0. The lowest BCUT2D eigenvalue weighted by molar-refractivity contribution is -0.151. The summed E-state index contributed by atoms with van der Waals surface area (Å²) >= 11 is 1.32. The number of rotatable bonds is 6. The smallest absolute Gasteiger partial charge is 0.329 e. The number of hydrogen-bond donors (Lipinski definition) is 1. The first-order valence-corrected chi connectivity index (χ1v) is 9.75. The molecule has 0 aliphatic carbocycles. The summed E-state index contributed by atoms with van der Waals surface area (Å²) in [5.74, 6) is -1.41. The fraction of sp³-hybridized carbons (Fsp3) is 0.300. The van der Waals surface area contributed by atoms with Crippen LogP contribution in [0.4, 0.5) is 5.69 Å². The normalized spacial score (nSPS) is 15.9. The van der Waals surface area contributed by atoms with E-state index in [2.05, 4.69) is 5.32 Å². The first kappa shape index (κ1) is 19.8. The van der Waals surface area contributed by atoms with Gasteiger partial charge in [-0.15, -0.1) is 11.3 Å². The molecule has 1 saturated heterocycles. The molecule has 1 aliphatic rings. The van der Waals surface area contributed by atoms with E-state index >= 15 is 0 Å². The minimum Gasteiger partial charge on any atom is -0.454 e. The molecule has 146 valence electrons. The summed E-state index contributed by atoms with van der Waals surface area (Å²) < 4.78 is 5.13. The van der Waals surface area contributed by atoms with E-state index < -0.39 is 24.5 Å². The van der Waals surface area contributed by atoms with Gasteiger partial charge >= 0.3 is 5.97 Å². The van der Waals surface area contributed by atoms with Crippen LogP contribution >= 0.6 is 11.3 Å². The van der Waals surface area contributed by atoms with Crippen molar-refractivity contribution in [3.05, 3.63) is 52.2 Å². The Hall–Kier alpha value is -3.00. The number of thiophene rings is 1. The van der Waals surface area contributed by atoms with E-state index in [4.69, 9.17) is 4.74 Å². The first-order valence-electron chi connectivity index (χ1n) is 8.87. The van der Waals surface area contributed by atoms with Gasteiger partial charge in [-0.3, -0.25) is 14.4 Å². The summed E-state index contributed by atoms with van der Waals surface area (Å²) in [6.45, 7) is 1.47. The van der Waals surface area contributed by atoms with Crippen molar-refractivity contribution in [2.45, 2.75) is 25.8 Å². The Bertz CT molecular complexity index is 894. The van der Waals surface area contributed by atoms with E-state index in [0.717, 1.165) is 0 Å². The van der Waals surface area contributed by atoms with Crippen LogP contribution in [-0.4, -0.2) is 47.7 Å². The quantitative estimate of drug-likeness (QED) is 0.595. The molecule has 2 amide bonds. The van der Waals surface area contributed by atoms with Crippen molar-refractivity contribution in [2.75, 3.05) is 18.5 Å². The zero-order valence-electron chi connectivity index (χ0n) is 15.3. The van der Waals surface area contributed by atoms with Gasteiger partial charge in [0.25, 0.3) is 11.8 Å². The SMILES string of the molecule is CC(=O)c1cccc(NC(=O)COC(=O)[C@H]2CCCN2C(=O)c2cccs2)c1.